The predicted octanol–water partition coefficient (Wildman–Crippen LogP) is 3.75. The zero-order valence-corrected chi connectivity index (χ0v) is 16.8. The van der Waals surface area contributed by atoms with E-state index in [9.17, 15) is 14.9 Å². The van der Waals surface area contributed by atoms with E-state index in [1.165, 1.54) is 36.1 Å². The standard InChI is InChI=1S/C23H27N3O3/c1-24(22(27)16-17-8-11-19(12-9-17)26(28)29)23-20-7-3-2-6-18(20)10-13-21(23)25-14-4-5-15-25/h2-3,6-9,11-12,21,23H,4-5,10,13-16H2,1H3/t21-,23-/m1/s1. The van der Waals surface area contributed by atoms with Crippen LogP contribution in [0.25, 0.3) is 0 Å². The zero-order chi connectivity index (χ0) is 20.4. The molecule has 0 unspecified atom stereocenters. The first-order valence-corrected chi connectivity index (χ1v) is 10.4. The van der Waals surface area contributed by atoms with E-state index in [-0.39, 0.29) is 24.1 Å². The topological polar surface area (TPSA) is 66.7 Å². The van der Waals surface area contributed by atoms with Crippen LogP contribution < -0.4 is 0 Å². The molecular weight excluding hydrogens is 366 g/mol. The number of rotatable bonds is 5. The molecule has 2 aromatic carbocycles. The fraction of sp³-hybridized carbons (Fsp3) is 0.435. The Kier molecular flexibility index (Phi) is 5.62. The van der Waals surface area contributed by atoms with Crippen molar-refractivity contribution < 1.29 is 9.72 Å². The second-order valence-corrected chi connectivity index (χ2v) is 8.10. The number of likely N-dealkylation sites (N-methyl/N-ethyl adjacent to an activating group) is 1. The van der Waals surface area contributed by atoms with E-state index in [2.05, 4.69) is 29.2 Å². The lowest BCUT2D eigenvalue weighted by Gasteiger charge is -2.43. The first kappa shape index (κ1) is 19.6. The summed E-state index contributed by atoms with van der Waals surface area (Å²) in [5, 5.41) is 10.9. The van der Waals surface area contributed by atoms with Crippen molar-refractivity contribution in [2.75, 3.05) is 20.1 Å². The van der Waals surface area contributed by atoms with Crippen molar-refractivity contribution in [1.82, 2.24) is 9.80 Å². The molecule has 6 nitrogen and oxygen atoms in total. The lowest BCUT2D eigenvalue weighted by atomic mass is 9.82. The Morgan fingerprint density at radius 1 is 1.14 bits per heavy atom. The third-order valence-corrected chi connectivity index (χ3v) is 6.37. The Bertz CT molecular complexity index is 890. The van der Waals surface area contributed by atoms with Gasteiger partial charge in [-0.2, -0.15) is 0 Å². The molecule has 0 N–H and O–H groups in total. The second kappa shape index (κ2) is 8.33. The van der Waals surface area contributed by atoms with Gasteiger partial charge in [0.15, 0.2) is 0 Å². The molecule has 1 fully saturated rings. The number of carbonyl (C=O) groups is 1. The van der Waals surface area contributed by atoms with Crippen molar-refractivity contribution >= 4 is 11.6 Å². The molecule has 6 heteroatoms. The molecule has 1 amide bonds. The maximum absolute atomic E-state index is 13.2. The molecule has 1 saturated heterocycles. The number of carbonyl (C=O) groups excluding carboxylic acids is 1. The van der Waals surface area contributed by atoms with Gasteiger partial charge in [0.05, 0.1) is 17.4 Å². The molecule has 2 aliphatic rings. The molecule has 4 rings (SSSR count). The van der Waals surface area contributed by atoms with E-state index >= 15 is 0 Å². The summed E-state index contributed by atoms with van der Waals surface area (Å²) in [6.45, 7) is 2.21. The highest BCUT2D eigenvalue weighted by atomic mass is 16.6. The van der Waals surface area contributed by atoms with Gasteiger partial charge in [0.25, 0.3) is 5.69 Å². The molecule has 0 spiro atoms. The van der Waals surface area contributed by atoms with Gasteiger partial charge in [0, 0.05) is 25.2 Å². The van der Waals surface area contributed by atoms with Crippen LogP contribution in [0.2, 0.25) is 0 Å². The van der Waals surface area contributed by atoms with Crippen LogP contribution in [0.3, 0.4) is 0 Å². The minimum atomic E-state index is -0.419. The van der Waals surface area contributed by atoms with Gasteiger partial charge in [-0.05, 0) is 55.5 Å². The van der Waals surface area contributed by atoms with Gasteiger partial charge in [-0.1, -0.05) is 36.4 Å². The van der Waals surface area contributed by atoms with E-state index in [0.29, 0.717) is 6.04 Å². The highest BCUT2D eigenvalue weighted by Crippen LogP contribution is 2.38. The van der Waals surface area contributed by atoms with Crippen molar-refractivity contribution in [3.05, 3.63) is 75.3 Å². The van der Waals surface area contributed by atoms with Crippen LogP contribution in [-0.2, 0) is 17.6 Å². The summed E-state index contributed by atoms with van der Waals surface area (Å²) >= 11 is 0. The molecule has 2 aromatic rings. The molecule has 1 aliphatic carbocycles. The molecule has 152 valence electrons. The summed E-state index contributed by atoms with van der Waals surface area (Å²) in [6.07, 6.45) is 4.82. The highest BCUT2D eigenvalue weighted by molar-refractivity contribution is 5.79. The Morgan fingerprint density at radius 3 is 2.52 bits per heavy atom. The summed E-state index contributed by atoms with van der Waals surface area (Å²) in [6, 6.07) is 15.2. The normalized spacial score (nSPS) is 21.6. The molecular formula is C23H27N3O3. The van der Waals surface area contributed by atoms with Crippen LogP contribution >= 0.6 is 0 Å². The van der Waals surface area contributed by atoms with E-state index in [4.69, 9.17) is 0 Å². The van der Waals surface area contributed by atoms with E-state index < -0.39 is 4.92 Å². The fourth-order valence-corrected chi connectivity index (χ4v) is 4.83. The van der Waals surface area contributed by atoms with Gasteiger partial charge in [0.2, 0.25) is 5.91 Å². The number of hydrogen-bond donors (Lipinski definition) is 0. The number of likely N-dealkylation sites (tertiary alicyclic amines) is 1. The quantitative estimate of drug-likeness (QED) is 0.573. The van der Waals surface area contributed by atoms with Gasteiger partial charge >= 0.3 is 0 Å². The summed E-state index contributed by atoms with van der Waals surface area (Å²) in [7, 11) is 1.91. The van der Waals surface area contributed by atoms with Gasteiger partial charge in [-0.15, -0.1) is 0 Å². The number of nitro groups is 1. The first-order chi connectivity index (χ1) is 14.0. The van der Waals surface area contributed by atoms with Crippen LogP contribution in [0.4, 0.5) is 5.69 Å². The lowest BCUT2D eigenvalue weighted by molar-refractivity contribution is -0.384. The van der Waals surface area contributed by atoms with Gasteiger partial charge in [0.1, 0.15) is 0 Å². The van der Waals surface area contributed by atoms with Crippen molar-refractivity contribution in [2.24, 2.45) is 0 Å². The number of fused-ring (bicyclic) bond motifs is 1. The largest absolute Gasteiger partial charge is 0.337 e. The van der Waals surface area contributed by atoms with E-state index in [1.807, 2.05) is 11.9 Å². The molecule has 0 radical (unpaired) electrons. The Morgan fingerprint density at radius 2 is 1.83 bits per heavy atom. The van der Waals surface area contributed by atoms with Crippen molar-refractivity contribution in [3.63, 3.8) is 0 Å². The molecule has 0 aromatic heterocycles. The number of aryl methyl sites for hydroxylation is 1. The van der Waals surface area contributed by atoms with Crippen molar-refractivity contribution in [3.8, 4) is 0 Å². The average molecular weight is 393 g/mol. The molecule has 0 saturated carbocycles. The van der Waals surface area contributed by atoms with Crippen LogP contribution in [0.5, 0.6) is 0 Å². The van der Waals surface area contributed by atoms with Crippen LogP contribution in [-0.4, -0.2) is 46.8 Å². The van der Waals surface area contributed by atoms with Crippen molar-refractivity contribution in [1.29, 1.82) is 0 Å². The third-order valence-electron chi connectivity index (χ3n) is 6.37. The number of amides is 1. The molecule has 29 heavy (non-hydrogen) atoms. The molecule has 2 atom stereocenters. The number of nitro benzene ring substituents is 1. The minimum Gasteiger partial charge on any atom is -0.337 e. The van der Waals surface area contributed by atoms with Crippen LogP contribution in [0.1, 0.15) is 42.0 Å². The summed E-state index contributed by atoms with van der Waals surface area (Å²) in [5.74, 6) is 0.0461. The maximum Gasteiger partial charge on any atom is 0.269 e. The SMILES string of the molecule is CN(C(=O)Cc1ccc([N+](=O)[O-])cc1)[C@@H]1c2ccccc2CC[C@H]1N1CCCC1. The smallest absolute Gasteiger partial charge is 0.269 e. The predicted molar refractivity (Wildman–Crippen MR) is 112 cm³/mol. The Labute approximate surface area is 171 Å². The minimum absolute atomic E-state index is 0.0450. The fourth-order valence-electron chi connectivity index (χ4n) is 4.83. The number of nitrogens with zero attached hydrogens (tertiary/aromatic N) is 3. The Balaban J connectivity index is 1.57. The van der Waals surface area contributed by atoms with Crippen LogP contribution in [0, 0.1) is 10.1 Å². The third kappa shape index (κ3) is 4.03. The Hall–Kier alpha value is -2.73. The van der Waals surface area contributed by atoms with Crippen LogP contribution in [0.15, 0.2) is 48.5 Å². The second-order valence-electron chi connectivity index (χ2n) is 8.10. The highest BCUT2D eigenvalue weighted by Gasteiger charge is 2.38. The summed E-state index contributed by atoms with van der Waals surface area (Å²) in [4.78, 5) is 28.1. The summed E-state index contributed by atoms with van der Waals surface area (Å²) < 4.78 is 0. The lowest BCUT2D eigenvalue weighted by Crippen LogP contribution is -2.48. The van der Waals surface area contributed by atoms with E-state index in [0.717, 1.165) is 31.5 Å². The van der Waals surface area contributed by atoms with Gasteiger partial charge in [-0.3, -0.25) is 19.8 Å². The maximum atomic E-state index is 13.2. The van der Waals surface area contributed by atoms with Gasteiger partial charge < -0.3 is 4.90 Å². The van der Waals surface area contributed by atoms with Crippen molar-refractivity contribution in [2.45, 2.75) is 44.2 Å². The summed E-state index contributed by atoms with van der Waals surface area (Å²) in [5.41, 5.74) is 3.44. The average Bonchev–Trinajstić information content (AvgIpc) is 3.27. The zero-order valence-electron chi connectivity index (χ0n) is 16.8. The van der Waals surface area contributed by atoms with Gasteiger partial charge in [-0.25, -0.2) is 0 Å². The number of non-ortho nitro benzene ring substituents is 1. The molecule has 0 bridgehead atoms. The molecule has 1 aliphatic heterocycles. The monoisotopic (exact) mass is 393 g/mol. The van der Waals surface area contributed by atoms with E-state index in [1.54, 1.807) is 12.1 Å². The molecule has 1 heterocycles. The first-order valence-electron chi connectivity index (χ1n) is 10.4. The number of benzene rings is 2. The number of hydrogen-bond acceptors (Lipinski definition) is 4.